The molecule has 0 saturated carbocycles. The normalized spacial score (nSPS) is 15.7. The number of anilines is 1. The molecule has 0 bridgehead atoms. The predicted molar refractivity (Wildman–Crippen MR) is 113 cm³/mol. The molecular formula is C21H24N2O7S. The first-order valence-electron chi connectivity index (χ1n) is 9.65. The van der Waals surface area contributed by atoms with Crippen molar-refractivity contribution in [1.82, 2.24) is 4.31 Å². The van der Waals surface area contributed by atoms with Crippen LogP contribution < -0.4 is 10.1 Å². The minimum Gasteiger partial charge on any atom is -0.497 e. The molecule has 1 N–H and O–H groups in total. The third-order valence-electron chi connectivity index (χ3n) is 4.69. The fourth-order valence-electron chi connectivity index (χ4n) is 2.92. The Bertz CT molecular complexity index is 1030. The lowest BCUT2D eigenvalue weighted by Crippen LogP contribution is -2.40. The van der Waals surface area contributed by atoms with E-state index < -0.39 is 28.0 Å². The molecule has 166 valence electrons. The average Bonchev–Trinajstić information content (AvgIpc) is 2.80. The van der Waals surface area contributed by atoms with Crippen LogP contribution in [-0.2, 0) is 24.3 Å². The van der Waals surface area contributed by atoms with Crippen LogP contribution in [0.1, 0.15) is 17.3 Å². The summed E-state index contributed by atoms with van der Waals surface area (Å²) in [4.78, 5) is 24.8. The zero-order valence-corrected chi connectivity index (χ0v) is 18.1. The summed E-state index contributed by atoms with van der Waals surface area (Å²) < 4.78 is 42.1. The fourth-order valence-corrected chi connectivity index (χ4v) is 4.33. The number of carbonyl (C=O) groups excluding carboxylic acids is 2. The summed E-state index contributed by atoms with van der Waals surface area (Å²) in [6.45, 7) is 2.78. The Labute approximate surface area is 181 Å². The predicted octanol–water partition coefficient (Wildman–Crippen LogP) is 1.90. The van der Waals surface area contributed by atoms with Crippen LogP contribution in [0.15, 0.2) is 53.4 Å². The summed E-state index contributed by atoms with van der Waals surface area (Å²) in [6, 6.07) is 12.2. The first kappa shape index (κ1) is 22.7. The van der Waals surface area contributed by atoms with Crippen molar-refractivity contribution in [1.29, 1.82) is 0 Å². The molecule has 0 aromatic heterocycles. The van der Waals surface area contributed by atoms with E-state index in [0.29, 0.717) is 37.7 Å². The van der Waals surface area contributed by atoms with E-state index in [1.807, 2.05) is 0 Å². The van der Waals surface area contributed by atoms with E-state index in [1.54, 1.807) is 18.2 Å². The van der Waals surface area contributed by atoms with Crippen LogP contribution in [0, 0.1) is 0 Å². The first-order valence-corrected chi connectivity index (χ1v) is 11.1. The van der Waals surface area contributed by atoms with E-state index in [0.717, 1.165) is 0 Å². The Kier molecular flexibility index (Phi) is 7.26. The molecule has 3 rings (SSSR count). The number of morpholine rings is 1. The number of sulfonamides is 1. The Morgan fingerprint density at radius 3 is 2.42 bits per heavy atom. The molecule has 1 atom stereocenters. The number of esters is 1. The van der Waals surface area contributed by atoms with E-state index in [9.17, 15) is 18.0 Å². The summed E-state index contributed by atoms with van der Waals surface area (Å²) in [6.07, 6.45) is -1.06. The SMILES string of the molecule is COc1cccc(C(=O)OC(C)C(=O)Nc2ccc(S(=O)(=O)N3CCOCC3)cc2)c1. The summed E-state index contributed by atoms with van der Waals surface area (Å²) >= 11 is 0. The molecule has 2 aromatic rings. The number of amides is 1. The Morgan fingerprint density at radius 2 is 1.77 bits per heavy atom. The van der Waals surface area contributed by atoms with Gasteiger partial charge in [0, 0.05) is 18.8 Å². The molecule has 2 aromatic carbocycles. The smallest absolute Gasteiger partial charge is 0.339 e. The van der Waals surface area contributed by atoms with Gasteiger partial charge in [-0.15, -0.1) is 0 Å². The molecule has 31 heavy (non-hydrogen) atoms. The molecule has 0 aliphatic carbocycles. The van der Waals surface area contributed by atoms with E-state index in [2.05, 4.69) is 5.32 Å². The number of rotatable bonds is 7. The molecule has 1 fully saturated rings. The van der Waals surface area contributed by atoms with E-state index in [4.69, 9.17) is 14.2 Å². The van der Waals surface area contributed by atoms with Crippen LogP contribution >= 0.6 is 0 Å². The van der Waals surface area contributed by atoms with Gasteiger partial charge in [0.05, 0.1) is 30.8 Å². The van der Waals surface area contributed by atoms with Crippen molar-refractivity contribution in [2.24, 2.45) is 0 Å². The molecular weight excluding hydrogens is 424 g/mol. The van der Waals surface area contributed by atoms with Crippen LogP contribution in [0.3, 0.4) is 0 Å². The molecule has 1 unspecified atom stereocenters. The van der Waals surface area contributed by atoms with Crippen LogP contribution in [0.5, 0.6) is 5.75 Å². The van der Waals surface area contributed by atoms with Gasteiger partial charge in [-0.1, -0.05) is 6.07 Å². The van der Waals surface area contributed by atoms with Gasteiger partial charge in [-0.3, -0.25) is 4.79 Å². The van der Waals surface area contributed by atoms with E-state index >= 15 is 0 Å². The van der Waals surface area contributed by atoms with Gasteiger partial charge >= 0.3 is 5.97 Å². The topological polar surface area (TPSA) is 111 Å². The standard InChI is InChI=1S/C21H24N2O7S/c1-15(30-21(25)16-4-3-5-18(14-16)28-2)20(24)22-17-6-8-19(9-7-17)31(26,27)23-10-12-29-13-11-23/h3-9,14-15H,10-13H2,1-2H3,(H,22,24). The van der Waals surface area contributed by atoms with Gasteiger partial charge in [-0.2, -0.15) is 4.31 Å². The van der Waals surface area contributed by atoms with E-state index in [-0.39, 0.29) is 10.5 Å². The van der Waals surface area contributed by atoms with Crippen molar-refractivity contribution in [3.63, 3.8) is 0 Å². The third-order valence-corrected chi connectivity index (χ3v) is 6.60. The highest BCUT2D eigenvalue weighted by atomic mass is 32.2. The van der Waals surface area contributed by atoms with Crippen molar-refractivity contribution < 1.29 is 32.2 Å². The van der Waals surface area contributed by atoms with Gasteiger partial charge in [-0.25, -0.2) is 13.2 Å². The number of hydrogen-bond donors (Lipinski definition) is 1. The van der Waals surface area contributed by atoms with Gasteiger partial charge in [-0.05, 0) is 49.4 Å². The zero-order chi connectivity index (χ0) is 22.4. The van der Waals surface area contributed by atoms with Gasteiger partial charge < -0.3 is 19.5 Å². The van der Waals surface area contributed by atoms with Gasteiger partial charge in [0.25, 0.3) is 5.91 Å². The lowest BCUT2D eigenvalue weighted by atomic mass is 10.2. The number of methoxy groups -OCH3 is 1. The maximum atomic E-state index is 12.6. The molecule has 0 spiro atoms. The van der Waals surface area contributed by atoms with Gasteiger partial charge in [0.2, 0.25) is 10.0 Å². The van der Waals surface area contributed by atoms with Crippen molar-refractivity contribution >= 4 is 27.6 Å². The molecule has 10 heteroatoms. The second-order valence-electron chi connectivity index (χ2n) is 6.81. The number of ether oxygens (including phenoxy) is 3. The lowest BCUT2D eigenvalue weighted by Gasteiger charge is -2.26. The van der Waals surface area contributed by atoms with Crippen LogP contribution in [0.4, 0.5) is 5.69 Å². The second kappa shape index (κ2) is 9.90. The molecule has 9 nitrogen and oxygen atoms in total. The molecule has 1 aliphatic rings. The zero-order valence-electron chi connectivity index (χ0n) is 17.2. The van der Waals surface area contributed by atoms with Crippen molar-refractivity contribution in [2.75, 3.05) is 38.7 Å². The summed E-state index contributed by atoms with van der Waals surface area (Å²) in [5.41, 5.74) is 0.645. The first-order chi connectivity index (χ1) is 14.8. The van der Waals surface area contributed by atoms with Crippen LogP contribution in [0.2, 0.25) is 0 Å². The minimum atomic E-state index is -3.61. The summed E-state index contributed by atoms with van der Waals surface area (Å²) in [7, 11) is -2.13. The monoisotopic (exact) mass is 448 g/mol. The third kappa shape index (κ3) is 5.60. The summed E-state index contributed by atoms with van der Waals surface area (Å²) in [5, 5.41) is 2.61. The largest absolute Gasteiger partial charge is 0.497 e. The number of nitrogens with zero attached hydrogens (tertiary/aromatic N) is 1. The highest BCUT2D eigenvalue weighted by Crippen LogP contribution is 2.20. The van der Waals surface area contributed by atoms with Crippen molar-refractivity contribution in [3.05, 3.63) is 54.1 Å². The number of nitrogens with one attached hydrogen (secondary N) is 1. The Balaban J connectivity index is 1.60. The number of carbonyl (C=O) groups is 2. The molecule has 1 saturated heterocycles. The quantitative estimate of drug-likeness (QED) is 0.644. The highest BCUT2D eigenvalue weighted by Gasteiger charge is 2.26. The van der Waals surface area contributed by atoms with Crippen molar-refractivity contribution in [2.45, 2.75) is 17.9 Å². The lowest BCUT2D eigenvalue weighted by molar-refractivity contribution is -0.123. The minimum absolute atomic E-state index is 0.130. The van der Waals surface area contributed by atoms with Gasteiger partial charge in [0.1, 0.15) is 5.75 Å². The highest BCUT2D eigenvalue weighted by molar-refractivity contribution is 7.89. The average molecular weight is 448 g/mol. The Hall–Kier alpha value is -2.95. The van der Waals surface area contributed by atoms with E-state index in [1.165, 1.54) is 48.7 Å². The molecule has 1 aliphatic heterocycles. The maximum absolute atomic E-state index is 12.6. The Morgan fingerprint density at radius 1 is 1.10 bits per heavy atom. The second-order valence-corrected chi connectivity index (χ2v) is 8.75. The van der Waals surface area contributed by atoms with Gasteiger partial charge in [0.15, 0.2) is 6.10 Å². The summed E-state index contributed by atoms with van der Waals surface area (Å²) in [5.74, 6) is -0.702. The molecule has 1 heterocycles. The van der Waals surface area contributed by atoms with Crippen molar-refractivity contribution in [3.8, 4) is 5.75 Å². The number of hydrogen-bond acceptors (Lipinski definition) is 7. The number of benzene rings is 2. The maximum Gasteiger partial charge on any atom is 0.339 e. The van der Waals surface area contributed by atoms with Crippen LogP contribution in [0.25, 0.3) is 0 Å². The fraction of sp³-hybridized carbons (Fsp3) is 0.333. The van der Waals surface area contributed by atoms with Crippen LogP contribution in [-0.4, -0.2) is 64.1 Å². The molecule has 1 amide bonds. The molecule has 0 radical (unpaired) electrons.